The van der Waals surface area contributed by atoms with Crippen molar-refractivity contribution in [1.29, 1.82) is 0 Å². The molecule has 13 heteroatoms. The summed E-state index contributed by atoms with van der Waals surface area (Å²) in [5.41, 5.74) is 4.67. The van der Waals surface area contributed by atoms with Gasteiger partial charge in [0.2, 0.25) is 0 Å². The van der Waals surface area contributed by atoms with Gasteiger partial charge in [0.05, 0.1) is 37.6 Å². The molecule has 2 aromatic carbocycles. The van der Waals surface area contributed by atoms with Crippen LogP contribution in [0.4, 0.5) is 0 Å². The summed E-state index contributed by atoms with van der Waals surface area (Å²) in [7, 11) is 3.20. The number of fused-ring (bicyclic) bond motifs is 6. The first kappa shape index (κ1) is 41.0. The standard InChI is InChI=1S/C35H37N3O6.3CO.Tc/c1-21(17-38(18-22-8-4-6-12-36-22)19-23-9-5-7-13-37-23)28-15-26-27(43-28)11-10-24-34(39)33-25-14-30(40-2)31(41-3)16-29(25)42-20-32(33)44-35(24)26;3*1-2;/h4-14,16,21,28,32-34,39H,15,17-20H2,1-3H3;;;;/t21?,28-,32-,33?,34?;;;;/m1..../s1/i;;;;1+1. The average molecular weight is 779 g/mol. The fourth-order valence-corrected chi connectivity index (χ4v) is 6.74. The van der Waals surface area contributed by atoms with Gasteiger partial charge >= 0.3 is 33.9 Å². The zero-order valence-electron chi connectivity index (χ0n) is 28.3. The van der Waals surface area contributed by atoms with Gasteiger partial charge in [-0.2, -0.15) is 0 Å². The molecule has 0 spiro atoms. The summed E-state index contributed by atoms with van der Waals surface area (Å²) in [4.78, 5) is 11.5. The van der Waals surface area contributed by atoms with Crippen molar-refractivity contribution in [3.63, 3.8) is 0 Å². The van der Waals surface area contributed by atoms with E-state index in [0.29, 0.717) is 43.4 Å². The Hall–Kier alpha value is -4.47. The Kier molecular flexibility index (Phi) is 15.9. The second-order valence-corrected chi connectivity index (χ2v) is 11.8. The van der Waals surface area contributed by atoms with Gasteiger partial charge in [-0.3, -0.25) is 14.9 Å². The summed E-state index contributed by atoms with van der Waals surface area (Å²) in [6, 6.07) is 19.6. The van der Waals surface area contributed by atoms with Crippen molar-refractivity contribution in [1.82, 2.24) is 14.9 Å². The van der Waals surface area contributed by atoms with E-state index in [1.807, 2.05) is 60.9 Å². The molecule has 0 saturated carbocycles. The van der Waals surface area contributed by atoms with Crippen LogP contribution in [0.3, 0.4) is 0 Å². The van der Waals surface area contributed by atoms with E-state index in [-0.39, 0.29) is 44.1 Å². The average Bonchev–Trinajstić information content (AvgIpc) is 3.63. The molecule has 0 fully saturated rings. The molecule has 3 aliphatic heterocycles. The van der Waals surface area contributed by atoms with E-state index in [0.717, 1.165) is 46.1 Å². The Labute approximate surface area is 310 Å². The molecule has 51 heavy (non-hydrogen) atoms. The Morgan fingerprint density at radius 2 is 1.45 bits per heavy atom. The van der Waals surface area contributed by atoms with Crippen molar-refractivity contribution in [2.75, 3.05) is 27.4 Å². The van der Waals surface area contributed by atoms with Crippen molar-refractivity contribution in [3.8, 4) is 28.7 Å². The van der Waals surface area contributed by atoms with Crippen LogP contribution in [0, 0.1) is 25.9 Å². The third-order valence-corrected chi connectivity index (χ3v) is 8.94. The molecule has 3 unspecified atom stereocenters. The Balaban J connectivity index is 0.000000955. The molecule has 4 aromatic rings. The predicted octanol–water partition coefficient (Wildman–Crippen LogP) is 4.99. The maximum absolute atomic E-state index is 11.7. The fraction of sp³-hybridized carbons (Fsp3) is 0.342. The third-order valence-electron chi connectivity index (χ3n) is 8.94. The van der Waals surface area contributed by atoms with Gasteiger partial charge in [0.15, 0.2) is 11.5 Å². The minimum absolute atomic E-state index is 0. The van der Waals surface area contributed by atoms with Crippen LogP contribution in [0.2, 0.25) is 0 Å². The van der Waals surface area contributed by atoms with Crippen LogP contribution in [0.1, 0.15) is 47.0 Å². The van der Waals surface area contributed by atoms with Crippen LogP contribution < -0.4 is 23.7 Å². The number of hydrogen-bond acceptors (Lipinski definition) is 9. The summed E-state index contributed by atoms with van der Waals surface area (Å²) in [6.07, 6.45) is 3.22. The molecule has 12 nitrogen and oxygen atoms in total. The number of nitrogens with zero attached hydrogens (tertiary/aromatic N) is 3. The van der Waals surface area contributed by atoms with E-state index in [4.69, 9.17) is 37.6 Å². The van der Waals surface area contributed by atoms with Gasteiger partial charge < -0.3 is 28.8 Å². The minimum atomic E-state index is -0.765. The van der Waals surface area contributed by atoms with Gasteiger partial charge in [-0.1, -0.05) is 19.1 Å². The molecular weight excluding hydrogens is 741 g/mol. The Morgan fingerprint density at radius 1 is 0.843 bits per heavy atom. The Morgan fingerprint density at radius 3 is 2.02 bits per heavy atom. The summed E-state index contributed by atoms with van der Waals surface area (Å²) < 4.78 is 52.8. The zero-order chi connectivity index (χ0) is 36.2. The summed E-state index contributed by atoms with van der Waals surface area (Å²) in [5, 5.41) is 11.7. The normalized spacial score (nSPS) is 19.0. The number of benzene rings is 2. The predicted molar refractivity (Wildman–Crippen MR) is 175 cm³/mol. The molecule has 0 bridgehead atoms. The van der Waals surface area contributed by atoms with Crippen molar-refractivity contribution in [2.24, 2.45) is 5.92 Å². The zero-order valence-corrected chi connectivity index (χ0v) is 30.1. The third kappa shape index (κ3) is 9.07. The van der Waals surface area contributed by atoms with Crippen LogP contribution in [0.25, 0.3) is 0 Å². The van der Waals surface area contributed by atoms with Crippen LogP contribution in [-0.4, -0.2) is 59.6 Å². The number of aliphatic hydroxyl groups excluding tert-OH is 1. The van der Waals surface area contributed by atoms with E-state index in [1.54, 1.807) is 14.2 Å². The molecule has 0 saturated heterocycles. The topological polar surface area (TPSA) is 155 Å². The molecule has 3 aliphatic rings. The van der Waals surface area contributed by atoms with Crippen LogP contribution in [-0.2, 0) is 53.6 Å². The molecule has 1 N–H and O–H groups in total. The summed E-state index contributed by atoms with van der Waals surface area (Å²) in [5.74, 6) is 3.30. The van der Waals surface area contributed by atoms with Crippen LogP contribution >= 0.6 is 0 Å². The summed E-state index contributed by atoms with van der Waals surface area (Å²) in [6.45, 7) is 18.3. The van der Waals surface area contributed by atoms with Crippen molar-refractivity contribution >= 4 is 0 Å². The van der Waals surface area contributed by atoms with Gasteiger partial charge in [-0.15, -0.1) is 0 Å². The molecule has 2 aromatic heterocycles. The van der Waals surface area contributed by atoms with Gasteiger partial charge in [-0.05, 0) is 42.5 Å². The van der Waals surface area contributed by atoms with Crippen molar-refractivity contribution in [3.05, 3.63) is 121 Å². The first-order chi connectivity index (χ1) is 24.5. The number of methoxy groups -OCH3 is 2. The van der Waals surface area contributed by atoms with Crippen molar-refractivity contribution < 1.29 is 62.9 Å². The molecule has 265 valence electrons. The second kappa shape index (κ2) is 19.8. The molecular formula is C38H37N3O9Tc. The SMILES string of the molecule is COc1cc2c(cc1OC)C1C(O)c3ccc4c(c3O[C@@H]1CO2)C[C@H](C(C)CN(Cc1ccccn1)Cc1ccccn1)O4.[99Tc].[C-]#[O+].[C-]#[O+].[C-]#[O+]. The first-order valence-electron chi connectivity index (χ1n) is 15.7. The van der Waals surface area contributed by atoms with E-state index < -0.39 is 6.10 Å². The molecule has 5 atom stereocenters. The second-order valence-electron chi connectivity index (χ2n) is 11.8. The molecule has 0 aliphatic carbocycles. The number of ether oxygens (including phenoxy) is 5. The fourth-order valence-electron chi connectivity index (χ4n) is 6.74. The van der Waals surface area contributed by atoms with E-state index in [2.05, 4.69) is 53.9 Å². The van der Waals surface area contributed by atoms with Gasteiger partial charge in [0.25, 0.3) is 0 Å². The number of pyridine rings is 2. The monoisotopic (exact) mass is 778 g/mol. The number of hydrogen-bond donors (Lipinski definition) is 1. The summed E-state index contributed by atoms with van der Waals surface area (Å²) >= 11 is 0. The maximum atomic E-state index is 11.7. The molecule has 5 heterocycles. The number of aromatic nitrogens is 2. The van der Waals surface area contributed by atoms with Gasteiger partial charge in [0, 0.05) is 87.2 Å². The quantitative estimate of drug-likeness (QED) is 0.183. The van der Waals surface area contributed by atoms with Crippen LogP contribution in [0.5, 0.6) is 28.7 Å². The van der Waals surface area contributed by atoms with Gasteiger partial charge in [0.1, 0.15) is 36.1 Å². The number of rotatable bonds is 9. The molecule has 7 rings (SSSR count). The first-order valence-corrected chi connectivity index (χ1v) is 15.7. The Bertz CT molecular complexity index is 1720. The molecule has 0 amide bonds. The molecule has 1 radical (unpaired) electrons. The van der Waals surface area contributed by atoms with E-state index in [9.17, 15) is 5.11 Å². The van der Waals surface area contributed by atoms with E-state index >= 15 is 0 Å². The van der Waals surface area contributed by atoms with Gasteiger partial charge in [-0.25, -0.2) is 0 Å². The number of aliphatic hydroxyl groups is 1. The van der Waals surface area contributed by atoms with Crippen LogP contribution in [0.15, 0.2) is 73.1 Å². The van der Waals surface area contributed by atoms with E-state index in [1.165, 1.54) is 0 Å². The van der Waals surface area contributed by atoms with Crippen molar-refractivity contribution in [2.45, 2.75) is 50.7 Å².